The van der Waals surface area contributed by atoms with Crippen LogP contribution >= 0.6 is 0 Å². The highest BCUT2D eigenvalue weighted by Gasteiger charge is 2.35. The van der Waals surface area contributed by atoms with E-state index in [4.69, 9.17) is 4.74 Å². The van der Waals surface area contributed by atoms with E-state index in [0.717, 1.165) is 34.4 Å². The first-order chi connectivity index (χ1) is 25.9. The average molecular weight is 745 g/mol. The Morgan fingerprint density at radius 2 is 1.41 bits per heavy atom. The lowest BCUT2D eigenvalue weighted by Gasteiger charge is -2.35. The summed E-state index contributed by atoms with van der Waals surface area (Å²) in [6.45, 7) is 4.25. The van der Waals surface area contributed by atoms with Crippen LogP contribution < -0.4 is 20.7 Å². The number of alkyl halides is 3. The molecule has 12 heteroatoms. The molecule has 1 heterocycles. The zero-order valence-corrected chi connectivity index (χ0v) is 30.4. The molecule has 1 saturated heterocycles. The fraction of sp³-hybridized carbons (Fsp3) is 0.357. The van der Waals surface area contributed by atoms with Gasteiger partial charge in [-0.05, 0) is 79.5 Å². The van der Waals surface area contributed by atoms with E-state index in [0.29, 0.717) is 37.1 Å². The van der Waals surface area contributed by atoms with Crippen molar-refractivity contribution in [1.29, 1.82) is 0 Å². The summed E-state index contributed by atoms with van der Waals surface area (Å²) in [6.07, 6.45) is -4.42. The van der Waals surface area contributed by atoms with Gasteiger partial charge in [0.15, 0.2) is 6.61 Å². The zero-order valence-electron chi connectivity index (χ0n) is 30.4. The average Bonchev–Trinajstić information content (AvgIpc) is 3.14. The van der Waals surface area contributed by atoms with E-state index in [1.807, 2.05) is 92.7 Å². The molecule has 0 radical (unpaired) electrons. The smallest absolute Gasteiger partial charge is 0.416 e. The van der Waals surface area contributed by atoms with Crippen LogP contribution in [0.2, 0.25) is 0 Å². The standard InChI is InChI=1S/C42H47F3N4O5/c1-28-11-9-12-29(2)39(28)54-27-38(51)48-35(24-31-15-7-4-8-16-31)37(50)26-34(23-30-13-5-3-6-14-30)47-40(52)36(49-22-10-21-46-41(49)53)25-32-17-19-33(20-18-32)42(43,44)45/h3-9,11-20,34-37,50H,10,21-27H2,1-2H3,(H,46,53)(H,47,52)(H,48,51)/t34-,35-,36-,37-/m0/s1. The molecule has 4 aromatic rings. The molecule has 1 aliphatic heterocycles. The SMILES string of the molecule is Cc1cccc(C)c1OCC(=O)N[C@@H](Cc1ccccc1)[C@@H](O)C[C@H](Cc1ccccc1)NC(=O)[C@H](Cc1ccc(C(F)(F)F)cc1)N1CCCNC1=O. The Labute approximate surface area is 313 Å². The summed E-state index contributed by atoms with van der Waals surface area (Å²) in [4.78, 5) is 42.0. The second-order valence-electron chi connectivity index (χ2n) is 13.8. The lowest BCUT2D eigenvalue weighted by molar-refractivity contribution is -0.137. The van der Waals surface area contributed by atoms with Gasteiger partial charge in [-0.15, -0.1) is 0 Å². The van der Waals surface area contributed by atoms with E-state index >= 15 is 0 Å². The molecule has 0 spiro atoms. The Morgan fingerprint density at radius 1 is 0.815 bits per heavy atom. The van der Waals surface area contributed by atoms with E-state index in [2.05, 4.69) is 16.0 Å². The van der Waals surface area contributed by atoms with Gasteiger partial charge in [-0.2, -0.15) is 13.2 Å². The number of nitrogens with one attached hydrogen (secondary N) is 3. The fourth-order valence-corrected chi connectivity index (χ4v) is 6.75. The fourth-order valence-electron chi connectivity index (χ4n) is 6.75. The summed E-state index contributed by atoms with van der Waals surface area (Å²) in [6, 6.07) is 26.2. The largest absolute Gasteiger partial charge is 0.483 e. The van der Waals surface area contributed by atoms with Gasteiger partial charge < -0.3 is 30.7 Å². The number of carbonyl (C=O) groups excluding carboxylic acids is 3. The van der Waals surface area contributed by atoms with Crippen molar-refractivity contribution in [3.05, 3.63) is 137 Å². The number of benzene rings is 4. The number of ether oxygens (including phenoxy) is 1. The van der Waals surface area contributed by atoms with Gasteiger partial charge in [0.2, 0.25) is 5.91 Å². The second-order valence-corrected chi connectivity index (χ2v) is 13.8. The first kappa shape index (κ1) is 39.8. The van der Waals surface area contributed by atoms with Crippen LogP contribution in [0.5, 0.6) is 5.75 Å². The van der Waals surface area contributed by atoms with Crippen molar-refractivity contribution in [3.63, 3.8) is 0 Å². The predicted molar refractivity (Wildman–Crippen MR) is 200 cm³/mol. The van der Waals surface area contributed by atoms with E-state index in [1.54, 1.807) is 0 Å². The quantitative estimate of drug-likeness (QED) is 0.113. The molecule has 4 N–H and O–H groups in total. The van der Waals surface area contributed by atoms with Crippen molar-refractivity contribution in [3.8, 4) is 5.75 Å². The maximum Gasteiger partial charge on any atom is 0.416 e. The lowest BCUT2D eigenvalue weighted by atomic mass is 9.93. The van der Waals surface area contributed by atoms with E-state index < -0.39 is 53.8 Å². The Kier molecular flexibility index (Phi) is 13.7. The van der Waals surface area contributed by atoms with Crippen LogP contribution in [0.15, 0.2) is 103 Å². The van der Waals surface area contributed by atoms with Crippen molar-refractivity contribution in [2.24, 2.45) is 0 Å². The summed E-state index contributed by atoms with van der Waals surface area (Å²) in [7, 11) is 0. The molecule has 1 aliphatic rings. The van der Waals surface area contributed by atoms with E-state index in [1.165, 1.54) is 17.0 Å². The summed E-state index contributed by atoms with van der Waals surface area (Å²) in [5.74, 6) is -0.314. The molecule has 4 atom stereocenters. The zero-order chi connectivity index (χ0) is 38.7. The number of urea groups is 1. The molecule has 54 heavy (non-hydrogen) atoms. The Bertz CT molecular complexity index is 1820. The van der Waals surface area contributed by atoms with Crippen LogP contribution in [0.3, 0.4) is 0 Å². The number of halogens is 3. The number of amides is 4. The topological polar surface area (TPSA) is 120 Å². The number of hydrogen-bond acceptors (Lipinski definition) is 5. The maximum absolute atomic E-state index is 14.2. The molecule has 0 saturated carbocycles. The molecule has 0 aliphatic carbocycles. The van der Waals surface area contributed by atoms with Crippen LogP contribution in [-0.4, -0.2) is 71.8 Å². The minimum Gasteiger partial charge on any atom is -0.483 e. The highest BCUT2D eigenvalue weighted by Crippen LogP contribution is 2.29. The minimum atomic E-state index is -4.52. The molecule has 286 valence electrons. The summed E-state index contributed by atoms with van der Waals surface area (Å²) in [5.41, 5.74) is 3.19. The molecule has 9 nitrogen and oxygen atoms in total. The summed E-state index contributed by atoms with van der Waals surface area (Å²) >= 11 is 0. The number of hydrogen-bond donors (Lipinski definition) is 4. The van der Waals surface area contributed by atoms with Gasteiger partial charge in [0.1, 0.15) is 11.8 Å². The molecule has 1 fully saturated rings. The third-order valence-corrected chi connectivity index (χ3v) is 9.57. The van der Waals surface area contributed by atoms with E-state index in [-0.39, 0.29) is 26.0 Å². The van der Waals surface area contributed by atoms with Crippen molar-refractivity contribution >= 4 is 17.8 Å². The molecule has 4 amide bonds. The van der Waals surface area contributed by atoms with Crippen molar-refractivity contribution in [1.82, 2.24) is 20.9 Å². The Balaban J connectivity index is 1.37. The van der Waals surface area contributed by atoms with Gasteiger partial charge in [-0.3, -0.25) is 9.59 Å². The Morgan fingerprint density at radius 3 is 2.00 bits per heavy atom. The van der Waals surface area contributed by atoms with Crippen LogP contribution in [0, 0.1) is 13.8 Å². The van der Waals surface area contributed by atoms with Crippen LogP contribution in [0.1, 0.15) is 46.2 Å². The number of aliphatic hydroxyl groups excluding tert-OH is 1. The van der Waals surface area contributed by atoms with Gasteiger partial charge >= 0.3 is 12.2 Å². The number of para-hydroxylation sites is 1. The van der Waals surface area contributed by atoms with Crippen LogP contribution in [-0.2, 0) is 35.0 Å². The first-order valence-electron chi connectivity index (χ1n) is 18.1. The van der Waals surface area contributed by atoms with Gasteiger partial charge in [0, 0.05) is 25.6 Å². The monoisotopic (exact) mass is 744 g/mol. The van der Waals surface area contributed by atoms with Crippen LogP contribution in [0.4, 0.5) is 18.0 Å². The van der Waals surface area contributed by atoms with Gasteiger partial charge in [0.25, 0.3) is 5.91 Å². The third-order valence-electron chi connectivity index (χ3n) is 9.57. The second kappa shape index (κ2) is 18.6. The van der Waals surface area contributed by atoms with Crippen LogP contribution in [0.25, 0.3) is 0 Å². The lowest BCUT2D eigenvalue weighted by Crippen LogP contribution is -2.58. The van der Waals surface area contributed by atoms with Crippen molar-refractivity contribution < 1.29 is 37.4 Å². The number of carbonyl (C=O) groups is 3. The maximum atomic E-state index is 14.2. The highest BCUT2D eigenvalue weighted by atomic mass is 19.4. The third kappa shape index (κ3) is 11.3. The summed E-state index contributed by atoms with van der Waals surface area (Å²) in [5, 5.41) is 20.6. The van der Waals surface area contributed by atoms with E-state index in [9.17, 15) is 32.7 Å². The van der Waals surface area contributed by atoms with Gasteiger partial charge in [0.05, 0.1) is 17.7 Å². The highest BCUT2D eigenvalue weighted by molar-refractivity contribution is 5.88. The number of aryl methyl sites for hydroxylation is 2. The predicted octanol–water partition coefficient (Wildman–Crippen LogP) is 5.93. The minimum absolute atomic E-state index is 0.0228. The molecular formula is C42H47F3N4O5. The molecule has 5 rings (SSSR count). The molecule has 0 unspecified atom stereocenters. The van der Waals surface area contributed by atoms with Gasteiger partial charge in [-0.25, -0.2) is 4.79 Å². The molecule has 0 aromatic heterocycles. The number of rotatable bonds is 16. The van der Waals surface area contributed by atoms with Crippen molar-refractivity contribution in [2.45, 2.75) is 76.4 Å². The number of aliphatic hydroxyl groups is 1. The molecular weight excluding hydrogens is 697 g/mol. The van der Waals surface area contributed by atoms with Crippen molar-refractivity contribution in [2.75, 3.05) is 19.7 Å². The molecule has 4 aromatic carbocycles. The first-order valence-corrected chi connectivity index (χ1v) is 18.1. The Hall–Kier alpha value is -5.36. The van der Waals surface area contributed by atoms with Gasteiger partial charge in [-0.1, -0.05) is 91.0 Å². The molecule has 0 bridgehead atoms. The summed E-state index contributed by atoms with van der Waals surface area (Å²) < 4.78 is 45.8. The normalized spacial score (nSPS) is 15.4. The number of nitrogens with zero attached hydrogens (tertiary/aromatic N) is 1.